The number of nitrogens with zero attached hydrogens (tertiary/aromatic N) is 3. The van der Waals surface area contributed by atoms with Gasteiger partial charge in [-0.05, 0) is 26.0 Å². The van der Waals surface area contributed by atoms with Crippen molar-refractivity contribution in [2.75, 3.05) is 39.3 Å². The van der Waals surface area contributed by atoms with Crippen molar-refractivity contribution < 1.29 is 24.3 Å². The number of H-pyrrole nitrogens is 1. The number of urea groups is 1. The number of aromatic amines is 1. The van der Waals surface area contributed by atoms with Crippen molar-refractivity contribution in [3.05, 3.63) is 24.0 Å². The first kappa shape index (κ1) is 19.4. The fourth-order valence-corrected chi connectivity index (χ4v) is 4.58. The molecular weight excluding hydrogens is 378 g/mol. The molecule has 3 N–H and O–H groups in total. The van der Waals surface area contributed by atoms with Gasteiger partial charge in [0.1, 0.15) is 17.8 Å². The quantitative estimate of drug-likeness (QED) is 0.570. The van der Waals surface area contributed by atoms with Crippen LogP contribution in [0.3, 0.4) is 0 Å². The number of aromatic nitrogens is 1. The van der Waals surface area contributed by atoms with Gasteiger partial charge in [0.05, 0.1) is 6.61 Å². The van der Waals surface area contributed by atoms with E-state index in [9.17, 15) is 24.3 Å². The lowest BCUT2D eigenvalue weighted by Gasteiger charge is -2.27. The minimum absolute atomic E-state index is 0.0603. The third kappa shape index (κ3) is 3.07. The van der Waals surface area contributed by atoms with Crippen molar-refractivity contribution in [2.45, 2.75) is 19.4 Å². The molecule has 1 aromatic rings. The van der Waals surface area contributed by atoms with E-state index in [0.717, 1.165) is 4.90 Å². The van der Waals surface area contributed by atoms with Gasteiger partial charge in [0, 0.05) is 43.7 Å². The van der Waals surface area contributed by atoms with E-state index in [1.165, 1.54) is 0 Å². The number of carbonyl (C=O) groups is 4. The fraction of sp³-hybridized carbons (Fsp3) is 0.579. The monoisotopic (exact) mass is 403 g/mol. The molecule has 0 aromatic carbocycles. The number of aliphatic hydroxyl groups is 1. The van der Waals surface area contributed by atoms with E-state index < -0.39 is 22.9 Å². The van der Waals surface area contributed by atoms with E-state index in [4.69, 9.17) is 0 Å². The number of hydrogen-bond acceptors (Lipinski definition) is 5. The number of aliphatic hydroxyl groups excluding tert-OH is 1. The number of likely N-dealkylation sites (tertiary alicyclic amines) is 2. The maximum atomic E-state index is 12.8. The molecule has 4 heterocycles. The minimum Gasteiger partial charge on any atom is -0.396 e. The Morgan fingerprint density at radius 2 is 1.90 bits per heavy atom. The summed E-state index contributed by atoms with van der Waals surface area (Å²) in [4.78, 5) is 56.9. The average molecular weight is 403 g/mol. The Kier molecular flexibility index (Phi) is 4.41. The summed E-state index contributed by atoms with van der Waals surface area (Å²) >= 11 is 0. The summed E-state index contributed by atoms with van der Waals surface area (Å²) in [7, 11) is 0. The Bertz CT molecular complexity index is 866. The smallest absolute Gasteiger partial charge is 0.325 e. The normalized spacial score (nSPS) is 28.1. The van der Waals surface area contributed by atoms with Crippen LogP contribution in [0, 0.1) is 11.3 Å². The average Bonchev–Trinajstić information content (AvgIpc) is 3.40. The second-order valence-corrected chi connectivity index (χ2v) is 8.71. The van der Waals surface area contributed by atoms with E-state index >= 15 is 0 Å². The molecule has 29 heavy (non-hydrogen) atoms. The van der Waals surface area contributed by atoms with Gasteiger partial charge in [-0.15, -0.1) is 0 Å². The van der Waals surface area contributed by atoms with Crippen LogP contribution in [0.4, 0.5) is 4.79 Å². The molecule has 0 saturated carbocycles. The number of hydrogen-bond donors (Lipinski definition) is 3. The first-order valence-electron chi connectivity index (χ1n) is 9.62. The second-order valence-electron chi connectivity index (χ2n) is 8.71. The predicted molar refractivity (Wildman–Crippen MR) is 101 cm³/mol. The van der Waals surface area contributed by atoms with Gasteiger partial charge in [-0.2, -0.15) is 0 Å². The van der Waals surface area contributed by atoms with Gasteiger partial charge in [0.15, 0.2) is 0 Å². The highest BCUT2D eigenvalue weighted by Gasteiger charge is 2.55. The molecule has 3 saturated heterocycles. The molecule has 3 aliphatic heterocycles. The summed E-state index contributed by atoms with van der Waals surface area (Å²) in [5.41, 5.74) is -1.12. The maximum Gasteiger partial charge on any atom is 0.325 e. The number of nitrogens with one attached hydrogen (secondary N) is 2. The standard InChI is InChI=1S/C19H25N5O5/c1-18(2)16(28)24(17(29)21-18)8-14(26)22-6-12-7-23(10-19(12,9-22)11-25)15(27)13-4-3-5-20-13/h3-5,12,20,25H,6-11H2,1-2H3,(H,21,29)/t12-,19+/m0/s1. The Morgan fingerprint density at radius 3 is 2.45 bits per heavy atom. The molecule has 10 nitrogen and oxygen atoms in total. The van der Waals surface area contributed by atoms with Gasteiger partial charge in [0.25, 0.3) is 11.8 Å². The van der Waals surface area contributed by atoms with E-state index in [1.54, 1.807) is 42.0 Å². The van der Waals surface area contributed by atoms with Gasteiger partial charge >= 0.3 is 6.03 Å². The van der Waals surface area contributed by atoms with Crippen molar-refractivity contribution in [3.63, 3.8) is 0 Å². The summed E-state index contributed by atoms with van der Waals surface area (Å²) in [5.74, 6) is -0.961. The zero-order valence-electron chi connectivity index (χ0n) is 16.5. The van der Waals surface area contributed by atoms with Crippen LogP contribution in [0.2, 0.25) is 0 Å². The molecule has 3 aliphatic rings. The Labute approximate surface area is 167 Å². The number of fused-ring (bicyclic) bond motifs is 1. The Hall–Kier alpha value is -2.88. The van der Waals surface area contributed by atoms with Crippen LogP contribution in [0.1, 0.15) is 24.3 Å². The third-order valence-electron chi connectivity index (χ3n) is 6.28. The van der Waals surface area contributed by atoms with Crippen LogP contribution in [-0.4, -0.2) is 93.4 Å². The van der Waals surface area contributed by atoms with E-state index in [0.29, 0.717) is 25.3 Å². The van der Waals surface area contributed by atoms with Crippen molar-refractivity contribution in [2.24, 2.45) is 11.3 Å². The lowest BCUT2D eigenvalue weighted by molar-refractivity contribution is -0.138. The zero-order valence-corrected chi connectivity index (χ0v) is 16.5. The van der Waals surface area contributed by atoms with Crippen LogP contribution in [0.15, 0.2) is 18.3 Å². The van der Waals surface area contributed by atoms with Crippen molar-refractivity contribution >= 4 is 23.8 Å². The number of carbonyl (C=O) groups excluding carboxylic acids is 4. The highest BCUT2D eigenvalue weighted by atomic mass is 16.3. The van der Waals surface area contributed by atoms with Crippen molar-refractivity contribution in [3.8, 4) is 0 Å². The molecule has 4 rings (SSSR count). The maximum absolute atomic E-state index is 12.8. The highest BCUT2D eigenvalue weighted by molar-refractivity contribution is 6.08. The van der Waals surface area contributed by atoms with Crippen LogP contribution in [0.25, 0.3) is 0 Å². The van der Waals surface area contributed by atoms with E-state index in [-0.39, 0.29) is 37.4 Å². The summed E-state index contributed by atoms with van der Waals surface area (Å²) in [6.45, 7) is 4.17. The SMILES string of the molecule is CC1(C)NC(=O)N(CC(=O)N2C[C@H]3CN(C(=O)c4ccc[nH]4)C[C@@]3(CO)C2)C1=O. The topological polar surface area (TPSA) is 126 Å². The van der Waals surface area contributed by atoms with Gasteiger partial charge in [-0.3, -0.25) is 19.3 Å². The predicted octanol–water partition coefficient (Wildman–Crippen LogP) is -0.762. The Morgan fingerprint density at radius 1 is 1.21 bits per heavy atom. The van der Waals surface area contributed by atoms with Gasteiger partial charge in [0.2, 0.25) is 5.91 Å². The summed E-state index contributed by atoms with van der Waals surface area (Å²) in [5, 5.41) is 12.6. The van der Waals surface area contributed by atoms with Crippen LogP contribution in [-0.2, 0) is 9.59 Å². The number of amides is 5. The first-order chi connectivity index (χ1) is 13.7. The summed E-state index contributed by atoms with van der Waals surface area (Å²) in [6, 6.07) is 2.88. The fourth-order valence-electron chi connectivity index (χ4n) is 4.58. The molecule has 0 spiro atoms. The summed E-state index contributed by atoms with van der Waals surface area (Å²) in [6.07, 6.45) is 1.68. The van der Waals surface area contributed by atoms with E-state index in [2.05, 4.69) is 10.3 Å². The molecule has 3 fully saturated rings. The molecule has 156 valence electrons. The Balaban J connectivity index is 1.42. The lowest BCUT2D eigenvalue weighted by Crippen LogP contribution is -2.46. The molecule has 0 bridgehead atoms. The molecule has 1 aromatic heterocycles. The van der Waals surface area contributed by atoms with E-state index in [1.807, 2.05) is 0 Å². The molecular formula is C19H25N5O5. The molecule has 0 radical (unpaired) electrons. The van der Waals surface area contributed by atoms with Gasteiger partial charge < -0.3 is 25.2 Å². The van der Waals surface area contributed by atoms with Crippen molar-refractivity contribution in [1.82, 2.24) is 25.0 Å². The molecule has 0 unspecified atom stereocenters. The summed E-state index contributed by atoms with van der Waals surface area (Å²) < 4.78 is 0. The van der Waals surface area contributed by atoms with Crippen LogP contribution in [0.5, 0.6) is 0 Å². The van der Waals surface area contributed by atoms with Gasteiger partial charge in [-0.25, -0.2) is 4.79 Å². The zero-order chi connectivity index (χ0) is 21.0. The first-order valence-corrected chi connectivity index (χ1v) is 9.62. The molecule has 10 heteroatoms. The van der Waals surface area contributed by atoms with Crippen LogP contribution >= 0.6 is 0 Å². The largest absolute Gasteiger partial charge is 0.396 e. The molecule has 2 atom stereocenters. The minimum atomic E-state index is -1.02. The van der Waals surface area contributed by atoms with Gasteiger partial charge in [-0.1, -0.05) is 0 Å². The number of rotatable bonds is 4. The second kappa shape index (κ2) is 6.58. The molecule has 5 amide bonds. The third-order valence-corrected chi connectivity index (χ3v) is 6.28. The highest BCUT2D eigenvalue weighted by Crippen LogP contribution is 2.42. The van der Waals surface area contributed by atoms with Crippen LogP contribution < -0.4 is 5.32 Å². The lowest BCUT2D eigenvalue weighted by atomic mass is 9.82. The number of imide groups is 1. The van der Waals surface area contributed by atoms with Crippen molar-refractivity contribution in [1.29, 1.82) is 0 Å². The molecule has 0 aliphatic carbocycles.